The Kier molecular flexibility index (Phi) is 6.84. The van der Waals surface area contributed by atoms with Crippen molar-refractivity contribution in [3.8, 4) is 17.2 Å². The number of amides is 1. The lowest BCUT2D eigenvalue weighted by Gasteiger charge is -2.11. The van der Waals surface area contributed by atoms with Crippen LogP contribution in [0.5, 0.6) is 17.2 Å². The van der Waals surface area contributed by atoms with Crippen LogP contribution in [0.4, 0.5) is 5.69 Å². The topological polar surface area (TPSA) is 73.9 Å². The molecule has 148 valence electrons. The normalized spacial score (nSPS) is 10.1. The average Bonchev–Trinajstić information content (AvgIpc) is 2.77. The van der Waals surface area contributed by atoms with Gasteiger partial charge in [-0.25, -0.2) is 0 Å². The molecule has 0 aliphatic heterocycles. The molecule has 0 radical (unpaired) electrons. The first kappa shape index (κ1) is 19.9. The second-order valence-corrected chi connectivity index (χ2v) is 6.16. The smallest absolute Gasteiger partial charge is 0.262 e. The fraction of sp³-hybridized carbons (Fsp3) is 0.130. The standard InChI is InChI=1S/C23H21NO5/c1-27-21-11-12-22(18(13-21)14-25)29-16-23(26)24-19-7-9-20(10-8-19)28-15-17-5-3-2-4-6-17/h2-14H,15-16H2,1H3,(H,24,26). The van der Waals surface area contributed by atoms with Gasteiger partial charge in [-0.1, -0.05) is 30.3 Å². The molecule has 0 atom stereocenters. The molecule has 0 aromatic heterocycles. The molecule has 3 aromatic carbocycles. The highest BCUT2D eigenvalue weighted by Gasteiger charge is 2.09. The Morgan fingerprint density at radius 1 is 0.931 bits per heavy atom. The van der Waals surface area contributed by atoms with Crippen molar-refractivity contribution in [2.45, 2.75) is 6.61 Å². The third-order valence-electron chi connectivity index (χ3n) is 4.09. The number of aldehydes is 1. The zero-order chi connectivity index (χ0) is 20.5. The van der Waals surface area contributed by atoms with Crippen LogP contribution >= 0.6 is 0 Å². The molecular weight excluding hydrogens is 370 g/mol. The molecule has 3 aromatic rings. The van der Waals surface area contributed by atoms with Crippen LogP contribution in [0, 0.1) is 0 Å². The maximum Gasteiger partial charge on any atom is 0.262 e. The first-order valence-electron chi connectivity index (χ1n) is 9.00. The van der Waals surface area contributed by atoms with E-state index in [4.69, 9.17) is 14.2 Å². The van der Waals surface area contributed by atoms with Gasteiger partial charge in [-0.3, -0.25) is 9.59 Å². The summed E-state index contributed by atoms with van der Waals surface area (Å²) in [5.74, 6) is 1.23. The van der Waals surface area contributed by atoms with E-state index in [0.717, 1.165) is 5.56 Å². The van der Waals surface area contributed by atoms with Gasteiger partial charge in [0.15, 0.2) is 12.9 Å². The Hall–Kier alpha value is -3.80. The van der Waals surface area contributed by atoms with Crippen molar-refractivity contribution in [1.82, 2.24) is 0 Å². The van der Waals surface area contributed by atoms with Gasteiger partial charge in [0.25, 0.3) is 5.91 Å². The highest BCUT2D eigenvalue weighted by atomic mass is 16.5. The number of methoxy groups -OCH3 is 1. The predicted octanol–water partition coefficient (Wildman–Crippen LogP) is 4.10. The SMILES string of the molecule is COc1ccc(OCC(=O)Nc2ccc(OCc3ccccc3)cc2)c(C=O)c1. The first-order chi connectivity index (χ1) is 14.2. The van der Waals surface area contributed by atoms with Crippen molar-refractivity contribution in [2.24, 2.45) is 0 Å². The second kappa shape index (κ2) is 9.94. The van der Waals surface area contributed by atoms with Crippen molar-refractivity contribution < 1.29 is 23.8 Å². The fourth-order valence-electron chi connectivity index (χ4n) is 2.59. The van der Waals surface area contributed by atoms with Crippen LogP contribution in [0.2, 0.25) is 0 Å². The van der Waals surface area contributed by atoms with E-state index < -0.39 is 0 Å². The van der Waals surface area contributed by atoms with Crippen LogP contribution < -0.4 is 19.5 Å². The molecule has 0 heterocycles. The Labute approximate surface area is 169 Å². The molecule has 0 aliphatic carbocycles. The summed E-state index contributed by atoms with van der Waals surface area (Å²) >= 11 is 0. The lowest BCUT2D eigenvalue weighted by atomic mass is 10.2. The number of hydrogen-bond acceptors (Lipinski definition) is 5. The molecule has 0 unspecified atom stereocenters. The molecule has 6 nitrogen and oxygen atoms in total. The summed E-state index contributed by atoms with van der Waals surface area (Å²) in [4.78, 5) is 23.3. The minimum atomic E-state index is -0.337. The molecule has 6 heteroatoms. The van der Waals surface area contributed by atoms with Gasteiger partial charge in [-0.2, -0.15) is 0 Å². The Morgan fingerprint density at radius 2 is 1.66 bits per heavy atom. The summed E-state index contributed by atoms with van der Waals surface area (Å²) in [5, 5.41) is 2.74. The van der Waals surface area contributed by atoms with Crippen LogP contribution in [0.1, 0.15) is 15.9 Å². The number of benzene rings is 3. The first-order valence-corrected chi connectivity index (χ1v) is 9.00. The number of rotatable bonds is 9. The van der Waals surface area contributed by atoms with Gasteiger partial charge in [-0.15, -0.1) is 0 Å². The third kappa shape index (κ3) is 5.84. The van der Waals surface area contributed by atoms with E-state index >= 15 is 0 Å². The summed E-state index contributed by atoms with van der Waals surface area (Å²) in [6, 6.07) is 21.7. The monoisotopic (exact) mass is 391 g/mol. The molecule has 3 rings (SSSR count). The van der Waals surface area contributed by atoms with Gasteiger partial charge in [0.2, 0.25) is 0 Å². The van der Waals surface area contributed by atoms with Crippen molar-refractivity contribution >= 4 is 17.9 Å². The summed E-state index contributed by atoms with van der Waals surface area (Å²) < 4.78 is 16.2. The highest BCUT2D eigenvalue weighted by Crippen LogP contribution is 2.23. The molecule has 0 aliphatic rings. The van der Waals surface area contributed by atoms with Crippen LogP contribution in [-0.2, 0) is 11.4 Å². The summed E-state index contributed by atoms with van der Waals surface area (Å²) in [6.07, 6.45) is 0.657. The molecule has 1 amide bonds. The molecule has 29 heavy (non-hydrogen) atoms. The fourth-order valence-corrected chi connectivity index (χ4v) is 2.59. The molecule has 1 N–H and O–H groups in total. The van der Waals surface area contributed by atoms with Gasteiger partial charge in [0, 0.05) is 5.69 Å². The summed E-state index contributed by atoms with van der Waals surface area (Å²) in [7, 11) is 1.51. The number of ether oxygens (including phenoxy) is 3. The average molecular weight is 391 g/mol. The van der Waals surface area contributed by atoms with E-state index in [1.807, 2.05) is 30.3 Å². The quantitative estimate of drug-likeness (QED) is 0.556. The largest absolute Gasteiger partial charge is 0.497 e. The lowest BCUT2D eigenvalue weighted by molar-refractivity contribution is -0.118. The molecule has 0 saturated carbocycles. The molecule has 0 fully saturated rings. The molecule has 0 spiro atoms. The van der Waals surface area contributed by atoms with Gasteiger partial charge in [-0.05, 0) is 48.0 Å². The van der Waals surface area contributed by atoms with E-state index in [-0.39, 0.29) is 12.5 Å². The van der Waals surface area contributed by atoms with Crippen molar-refractivity contribution in [2.75, 3.05) is 19.0 Å². The van der Waals surface area contributed by atoms with Crippen LogP contribution in [0.25, 0.3) is 0 Å². The van der Waals surface area contributed by atoms with Crippen molar-refractivity contribution in [1.29, 1.82) is 0 Å². The molecule has 0 bridgehead atoms. The van der Waals surface area contributed by atoms with Gasteiger partial charge >= 0.3 is 0 Å². The summed E-state index contributed by atoms with van der Waals surface area (Å²) in [6.45, 7) is 0.251. The van der Waals surface area contributed by atoms with Crippen LogP contribution in [0.3, 0.4) is 0 Å². The van der Waals surface area contributed by atoms with E-state index in [1.54, 1.807) is 42.5 Å². The number of hydrogen-bond donors (Lipinski definition) is 1. The highest BCUT2D eigenvalue weighted by molar-refractivity contribution is 5.92. The van der Waals surface area contributed by atoms with Crippen molar-refractivity contribution in [3.63, 3.8) is 0 Å². The van der Waals surface area contributed by atoms with Gasteiger partial charge in [0.1, 0.15) is 23.9 Å². The van der Waals surface area contributed by atoms with E-state index in [2.05, 4.69) is 5.32 Å². The van der Waals surface area contributed by atoms with Crippen LogP contribution in [-0.4, -0.2) is 25.9 Å². The minimum Gasteiger partial charge on any atom is -0.497 e. The van der Waals surface area contributed by atoms with E-state index in [0.29, 0.717) is 41.4 Å². The van der Waals surface area contributed by atoms with E-state index in [1.165, 1.54) is 7.11 Å². The van der Waals surface area contributed by atoms with E-state index in [9.17, 15) is 9.59 Å². The zero-order valence-electron chi connectivity index (χ0n) is 16.0. The van der Waals surface area contributed by atoms with Crippen molar-refractivity contribution in [3.05, 3.63) is 83.9 Å². The van der Waals surface area contributed by atoms with Gasteiger partial charge in [0.05, 0.1) is 12.7 Å². The second-order valence-electron chi connectivity index (χ2n) is 6.16. The molecule has 0 saturated heterocycles. The Balaban J connectivity index is 1.50. The number of carbonyl (C=O) groups is 2. The maximum absolute atomic E-state index is 12.1. The predicted molar refractivity (Wildman–Crippen MR) is 110 cm³/mol. The van der Waals surface area contributed by atoms with Crippen LogP contribution in [0.15, 0.2) is 72.8 Å². The third-order valence-corrected chi connectivity index (χ3v) is 4.09. The number of nitrogens with one attached hydrogen (secondary N) is 1. The number of carbonyl (C=O) groups excluding carboxylic acids is 2. The zero-order valence-corrected chi connectivity index (χ0v) is 16.0. The molecular formula is C23H21NO5. The minimum absolute atomic E-state index is 0.223. The van der Waals surface area contributed by atoms with Gasteiger partial charge < -0.3 is 19.5 Å². The maximum atomic E-state index is 12.1. The Morgan fingerprint density at radius 3 is 2.34 bits per heavy atom. The number of anilines is 1. The Bertz CT molecular complexity index is 955. The lowest BCUT2D eigenvalue weighted by Crippen LogP contribution is -2.20. The summed E-state index contributed by atoms with van der Waals surface area (Å²) in [5.41, 5.74) is 2.02.